The third kappa shape index (κ3) is 7.06. The van der Waals surface area contributed by atoms with E-state index in [4.69, 9.17) is 4.99 Å². The van der Waals surface area contributed by atoms with Crippen LogP contribution in [0.5, 0.6) is 0 Å². The Kier molecular flexibility index (Phi) is 8.84. The van der Waals surface area contributed by atoms with Crippen LogP contribution in [0, 0.1) is 0 Å². The van der Waals surface area contributed by atoms with Gasteiger partial charge in [-0.15, -0.1) is 6.58 Å². The van der Waals surface area contributed by atoms with Crippen molar-refractivity contribution in [3.63, 3.8) is 0 Å². The Balaban J connectivity index is 1.86. The van der Waals surface area contributed by atoms with E-state index in [-0.39, 0.29) is 5.91 Å². The van der Waals surface area contributed by atoms with Crippen LogP contribution in [0.3, 0.4) is 0 Å². The first kappa shape index (κ1) is 21.0. The lowest BCUT2D eigenvalue weighted by Crippen LogP contribution is -2.48. The summed E-state index contributed by atoms with van der Waals surface area (Å²) in [6.45, 7) is 10.6. The van der Waals surface area contributed by atoms with Gasteiger partial charge in [0.15, 0.2) is 5.96 Å². The van der Waals surface area contributed by atoms with Gasteiger partial charge in [-0.1, -0.05) is 18.2 Å². The molecule has 0 spiro atoms. The van der Waals surface area contributed by atoms with Crippen LogP contribution in [0.25, 0.3) is 0 Å². The van der Waals surface area contributed by atoms with Crippen LogP contribution < -0.4 is 16.0 Å². The lowest BCUT2D eigenvalue weighted by molar-refractivity contribution is 0.0963. The Morgan fingerprint density at radius 2 is 2.15 bits per heavy atom. The number of likely N-dealkylation sites (tertiary alicyclic amines) is 1. The van der Waals surface area contributed by atoms with E-state index >= 15 is 0 Å². The molecule has 1 aromatic carbocycles. The molecule has 0 aliphatic carbocycles. The zero-order valence-corrected chi connectivity index (χ0v) is 16.6. The van der Waals surface area contributed by atoms with Crippen molar-refractivity contribution in [3.8, 4) is 0 Å². The molecule has 6 nitrogen and oxygen atoms in total. The molecule has 1 aliphatic heterocycles. The van der Waals surface area contributed by atoms with Crippen molar-refractivity contribution in [2.75, 3.05) is 39.8 Å². The van der Waals surface area contributed by atoms with Crippen LogP contribution in [0.4, 0.5) is 0 Å². The molecule has 1 amide bonds. The second-order valence-corrected chi connectivity index (χ2v) is 6.80. The van der Waals surface area contributed by atoms with Crippen molar-refractivity contribution in [1.29, 1.82) is 0 Å². The van der Waals surface area contributed by atoms with E-state index in [9.17, 15) is 4.79 Å². The van der Waals surface area contributed by atoms with Gasteiger partial charge in [-0.05, 0) is 43.9 Å². The molecule has 0 aromatic heterocycles. The van der Waals surface area contributed by atoms with E-state index in [0.717, 1.165) is 57.0 Å². The van der Waals surface area contributed by atoms with Crippen LogP contribution >= 0.6 is 0 Å². The maximum absolute atomic E-state index is 11.8. The Morgan fingerprint density at radius 3 is 2.81 bits per heavy atom. The quantitative estimate of drug-likeness (QED) is 0.370. The topological polar surface area (TPSA) is 68.8 Å². The molecular weight excluding hydrogens is 338 g/mol. The Labute approximate surface area is 163 Å². The minimum Gasteiger partial charge on any atom is -0.357 e. The molecule has 1 saturated heterocycles. The first-order chi connectivity index (χ1) is 13.2. The van der Waals surface area contributed by atoms with Gasteiger partial charge in [-0.25, -0.2) is 0 Å². The average Bonchev–Trinajstić information content (AvgIpc) is 2.69. The van der Waals surface area contributed by atoms with Crippen LogP contribution in [-0.2, 0) is 6.42 Å². The van der Waals surface area contributed by atoms with Gasteiger partial charge in [0.05, 0.1) is 0 Å². The van der Waals surface area contributed by atoms with Crippen LogP contribution in [-0.4, -0.2) is 62.6 Å². The van der Waals surface area contributed by atoms with Crippen molar-refractivity contribution in [1.82, 2.24) is 20.9 Å². The second-order valence-electron chi connectivity index (χ2n) is 6.80. The normalized spacial score (nSPS) is 16.0. The fourth-order valence-electron chi connectivity index (χ4n) is 3.27. The molecule has 1 aromatic rings. The zero-order valence-electron chi connectivity index (χ0n) is 16.6. The molecule has 1 heterocycles. The Morgan fingerprint density at radius 1 is 1.37 bits per heavy atom. The van der Waals surface area contributed by atoms with Gasteiger partial charge < -0.3 is 16.0 Å². The summed E-state index contributed by atoms with van der Waals surface area (Å²) in [4.78, 5) is 18.9. The number of guanidine groups is 1. The molecule has 0 bridgehead atoms. The van der Waals surface area contributed by atoms with Gasteiger partial charge in [0, 0.05) is 51.4 Å². The summed E-state index contributed by atoms with van der Waals surface area (Å²) in [7, 11) is 1.65. The molecular formula is C21H33N5O. The first-order valence-electron chi connectivity index (χ1n) is 9.85. The number of nitrogens with zero attached hydrogens (tertiary/aromatic N) is 2. The van der Waals surface area contributed by atoms with Crippen molar-refractivity contribution >= 4 is 11.9 Å². The summed E-state index contributed by atoms with van der Waals surface area (Å²) >= 11 is 0. The molecule has 6 heteroatoms. The van der Waals surface area contributed by atoms with Crippen molar-refractivity contribution in [3.05, 3.63) is 48.0 Å². The zero-order chi connectivity index (χ0) is 19.5. The molecule has 1 fully saturated rings. The summed E-state index contributed by atoms with van der Waals surface area (Å²) < 4.78 is 0. The third-order valence-electron chi connectivity index (χ3n) is 4.75. The van der Waals surface area contributed by atoms with E-state index in [1.807, 2.05) is 30.3 Å². The van der Waals surface area contributed by atoms with Crippen molar-refractivity contribution in [2.24, 2.45) is 4.99 Å². The lowest BCUT2D eigenvalue weighted by atomic mass is 10.1. The Bertz CT molecular complexity index is 635. The number of aliphatic imine (C=N–C) groups is 1. The van der Waals surface area contributed by atoms with Crippen LogP contribution in [0.15, 0.2) is 41.9 Å². The maximum Gasteiger partial charge on any atom is 0.251 e. The van der Waals surface area contributed by atoms with Gasteiger partial charge in [0.1, 0.15) is 0 Å². The van der Waals surface area contributed by atoms with E-state index in [2.05, 4.69) is 34.4 Å². The highest BCUT2D eigenvalue weighted by Crippen LogP contribution is 2.10. The summed E-state index contributed by atoms with van der Waals surface area (Å²) in [5.74, 6) is 0.820. The van der Waals surface area contributed by atoms with Crippen LogP contribution in [0.2, 0.25) is 0 Å². The highest BCUT2D eigenvalue weighted by Gasteiger charge is 2.18. The van der Waals surface area contributed by atoms with E-state index in [1.54, 1.807) is 7.05 Å². The van der Waals surface area contributed by atoms with Gasteiger partial charge in [-0.2, -0.15) is 0 Å². The number of amides is 1. The van der Waals surface area contributed by atoms with E-state index in [0.29, 0.717) is 18.2 Å². The molecule has 148 valence electrons. The molecule has 0 unspecified atom stereocenters. The minimum atomic E-state index is -0.0573. The van der Waals surface area contributed by atoms with Gasteiger partial charge in [-0.3, -0.25) is 14.7 Å². The van der Waals surface area contributed by atoms with Gasteiger partial charge in [0.25, 0.3) is 5.91 Å². The number of carbonyl (C=O) groups excluding carboxylic acids is 1. The molecule has 0 saturated carbocycles. The number of benzene rings is 1. The number of hydrogen-bond donors (Lipinski definition) is 3. The number of piperidine rings is 1. The number of nitrogens with one attached hydrogen (secondary N) is 3. The molecule has 3 N–H and O–H groups in total. The Hall–Kier alpha value is -2.34. The molecule has 27 heavy (non-hydrogen) atoms. The summed E-state index contributed by atoms with van der Waals surface area (Å²) in [6, 6.07) is 8.18. The SMILES string of the molecule is C=CCN1CCC(NC(=NCCc2cccc(C(=O)NC)c2)NCC)CC1. The van der Waals surface area contributed by atoms with Gasteiger partial charge >= 0.3 is 0 Å². The highest BCUT2D eigenvalue weighted by atomic mass is 16.1. The van der Waals surface area contributed by atoms with E-state index in [1.165, 1.54) is 0 Å². The fraction of sp³-hybridized carbons (Fsp3) is 0.524. The highest BCUT2D eigenvalue weighted by molar-refractivity contribution is 5.94. The van der Waals surface area contributed by atoms with Crippen LogP contribution in [0.1, 0.15) is 35.7 Å². The molecule has 1 aliphatic rings. The monoisotopic (exact) mass is 371 g/mol. The number of carbonyl (C=O) groups is 1. The predicted octanol–water partition coefficient (Wildman–Crippen LogP) is 1.79. The largest absolute Gasteiger partial charge is 0.357 e. The number of rotatable bonds is 8. The summed E-state index contributed by atoms with van der Waals surface area (Å²) in [5, 5.41) is 9.56. The molecule has 0 atom stereocenters. The molecule has 0 radical (unpaired) electrons. The third-order valence-corrected chi connectivity index (χ3v) is 4.75. The summed E-state index contributed by atoms with van der Waals surface area (Å²) in [5.41, 5.74) is 1.81. The van der Waals surface area contributed by atoms with Gasteiger partial charge in [0.2, 0.25) is 0 Å². The smallest absolute Gasteiger partial charge is 0.251 e. The maximum atomic E-state index is 11.8. The van der Waals surface area contributed by atoms with Crippen molar-refractivity contribution in [2.45, 2.75) is 32.2 Å². The first-order valence-corrected chi connectivity index (χ1v) is 9.85. The average molecular weight is 372 g/mol. The molecule has 2 rings (SSSR count). The number of hydrogen-bond acceptors (Lipinski definition) is 3. The second kappa shape index (κ2) is 11.4. The lowest BCUT2D eigenvalue weighted by Gasteiger charge is -2.32. The minimum absolute atomic E-state index is 0.0573. The van der Waals surface area contributed by atoms with Crippen molar-refractivity contribution < 1.29 is 4.79 Å². The standard InChI is InChI=1S/C21H33N5O/c1-4-13-26-14-10-19(11-15-26)25-21(23-5-2)24-12-9-17-7-6-8-18(16-17)20(27)22-3/h4,6-8,16,19H,1,5,9-15H2,2-3H3,(H,22,27)(H2,23,24,25). The summed E-state index contributed by atoms with van der Waals surface area (Å²) in [6.07, 6.45) is 5.01. The predicted molar refractivity (Wildman–Crippen MR) is 112 cm³/mol. The van der Waals surface area contributed by atoms with E-state index < -0.39 is 0 Å². The fourth-order valence-corrected chi connectivity index (χ4v) is 3.27.